The summed E-state index contributed by atoms with van der Waals surface area (Å²) in [5.41, 5.74) is 3.61. The van der Waals surface area contributed by atoms with E-state index in [1.54, 1.807) is 0 Å². The van der Waals surface area contributed by atoms with Crippen molar-refractivity contribution >= 4 is 17.3 Å². The lowest BCUT2D eigenvalue weighted by Gasteiger charge is -2.37. The third-order valence-corrected chi connectivity index (χ3v) is 5.02. The first-order valence-electron chi connectivity index (χ1n) is 9.12. The Labute approximate surface area is 160 Å². The fourth-order valence-electron chi connectivity index (χ4n) is 3.34. The van der Waals surface area contributed by atoms with Crippen molar-refractivity contribution in [1.82, 2.24) is 4.90 Å². The molecular formula is C21H27ClN2O2. The van der Waals surface area contributed by atoms with Gasteiger partial charge in [0, 0.05) is 43.4 Å². The van der Waals surface area contributed by atoms with Gasteiger partial charge in [-0.15, -0.1) is 0 Å². The van der Waals surface area contributed by atoms with E-state index in [9.17, 15) is 5.11 Å². The van der Waals surface area contributed by atoms with Crippen molar-refractivity contribution in [3.63, 3.8) is 0 Å². The van der Waals surface area contributed by atoms with Gasteiger partial charge in [-0.05, 0) is 49.2 Å². The largest absolute Gasteiger partial charge is 0.491 e. The normalized spacial score (nSPS) is 16.5. The van der Waals surface area contributed by atoms with E-state index in [1.807, 2.05) is 43.3 Å². The number of anilines is 1. The molecule has 2 aromatic carbocycles. The smallest absolute Gasteiger partial charge is 0.119 e. The molecule has 1 aliphatic heterocycles. The molecule has 140 valence electrons. The van der Waals surface area contributed by atoms with Crippen LogP contribution in [0.2, 0.25) is 5.02 Å². The van der Waals surface area contributed by atoms with Crippen LogP contribution in [0.1, 0.15) is 11.1 Å². The maximum absolute atomic E-state index is 10.3. The van der Waals surface area contributed by atoms with Crippen LogP contribution in [0, 0.1) is 13.8 Å². The number of halogens is 1. The van der Waals surface area contributed by atoms with Gasteiger partial charge in [-0.3, -0.25) is 4.90 Å². The Hall–Kier alpha value is -1.75. The van der Waals surface area contributed by atoms with Gasteiger partial charge in [0.25, 0.3) is 0 Å². The van der Waals surface area contributed by atoms with Gasteiger partial charge in [-0.2, -0.15) is 0 Å². The SMILES string of the molecule is Cc1cccc(OCC(O)CN2CCN(c3cc(Cl)ccc3C)CC2)c1. The van der Waals surface area contributed by atoms with E-state index >= 15 is 0 Å². The number of piperazine rings is 1. The van der Waals surface area contributed by atoms with Gasteiger partial charge in [0.1, 0.15) is 18.5 Å². The van der Waals surface area contributed by atoms with Gasteiger partial charge in [0.2, 0.25) is 0 Å². The van der Waals surface area contributed by atoms with E-state index in [1.165, 1.54) is 11.3 Å². The summed E-state index contributed by atoms with van der Waals surface area (Å²) in [6, 6.07) is 13.9. The molecule has 2 aromatic rings. The number of hydrogen-bond acceptors (Lipinski definition) is 4. The van der Waals surface area contributed by atoms with E-state index in [4.69, 9.17) is 16.3 Å². The quantitative estimate of drug-likeness (QED) is 0.839. The molecule has 4 nitrogen and oxygen atoms in total. The molecule has 1 atom stereocenters. The molecule has 1 aliphatic rings. The monoisotopic (exact) mass is 374 g/mol. The molecule has 1 fully saturated rings. The molecule has 0 aliphatic carbocycles. The fourth-order valence-corrected chi connectivity index (χ4v) is 3.51. The highest BCUT2D eigenvalue weighted by molar-refractivity contribution is 6.30. The number of aryl methyl sites for hydroxylation is 2. The van der Waals surface area contributed by atoms with Crippen LogP contribution < -0.4 is 9.64 Å². The van der Waals surface area contributed by atoms with Crippen LogP contribution in [0.4, 0.5) is 5.69 Å². The van der Waals surface area contributed by atoms with Crippen molar-refractivity contribution in [3.05, 3.63) is 58.6 Å². The second-order valence-corrected chi connectivity index (χ2v) is 7.44. The Kier molecular flexibility index (Phi) is 6.41. The van der Waals surface area contributed by atoms with Gasteiger partial charge in [-0.1, -0.05) is 29.8 Å². The third-order valence-electron chi connectivity index (χ3n) is 4.79. The number of benzene rings is 2. The minimum absolute atomic E-state index is 0.317. The Bertz CT molecular complexity index is 730. The minimum Gasteiger partial charge on any atom is -0.491 e. The molecular weight excluding hydrogens is 348 g/mol. The second-order valence-electron chi connectivity index (χ2n) is 7.00. The zero-order valence-corrected chi connectivity index (χ0v) is 16.2. The maximum Gasteiger partial charge on any atom is 0.119 e. The van der Waals surface area contributed by atoms with E-state index in [2.05, 4.69) is 22.8 Å². The molecule has 0 aromatic heterocycles. The topological polar surface area (TPSA) is 35.9 Å². The molecule has 0 radical (unpaired) electrons. The average Bonchev–Trinajstić information content (AvgIpc) is 2.63. The molecule has 1 saturated heterocycles. The van der Waals surface area contributed by atoms with Crippen molar-refractivity contribution in [3.8, 4) is 5.75 Å². The van der Waals surface area contributed by atoms with Crippen LogP contribution in [-0.2, 0) is 0 Å². The Morgan fingerprint density at radius 2 is 1.85 bits per heavy atom. The first-order valence-corrected chi connectivity index (χ1v) is 9.50. The molecule has 0 bridgehead atoms. The molecule has 0 amide bonds. The summed E-state index contributed by atoms with van der Waals surface area (Å²) in [4.78, 5) is 4.66. The Morgan fingerprint density at radius 3 is 2.58 bits per heavy atom. The second kappa shape index (κ2) is 8.76. The van der Waals surface area contributed by atoms with E-state index in [0.29, 0.717) is 13.2 Å². The lowest BCUT2D eigenvalue weighted by atomic mass is 10.1. The summed E-state index contributed by atoms with van der Waals surface area (Å²) in [6.45, 7) is 8.82. The molecule has 0 saturated carbocycles. The average molecular weight is 375 g/mol. The van der Waals surface area contributed by atoms with Crippen molar-refractivity contribution in [2.24, 2.45) is 0 Å². The van der Waals surface area contributed by atoms with Gasteiger partial charge in [0.05, 0.1) is 0 Å². The van der Waals surface area contributed by atoms with Crippen LogP contribution >= 0.6 is 11.6 Å². The summed E-state index contributed by atoms with van der Waals surface area (Å²) >= 11 is 6.14. The van der Waals surface area contributed by atoms with E-state index < -0.39 is 6.10 Å². The Morgan fingerprint density at radius 1 is 1.08 bits per heavy atom. The molecule has 1 unspecified atom stereocenters. The van der Waals surface area contributed by atoms with Gasteiger partial charge in [0.15, 0.2) is 0 Å². The minimum atomic E-state index is -0.491. The molecule has 0 spiro atoms. The van der Waals surface area contributed by atoms with Crippen molar-refractivity contribution in [2.75, 3.05) is 44.2 Å². The van der Waals surface area contributed by atoms with Gasteiger partial charge < -0.3 is 14.7 Å². The fraction of sp³-hybridized carbons (Fsp3) is 0.429. The van der Waals surface area contributed by atoms with Gasteiger partial charge in [-0.25, -0.2) is 0 Å². The summed E-state index contributed by atoms with van der Waals surface area (Å²) in [6.07, 6.45) is -0.491. The summed E-state index contributed by atoms with van der Waals surface area (Å²) in [5, 5.41) is 11.1. The maximum atomic E-state index is 10.3. The standard InChI is InChI=1S/C21H27ClN2O2/c1-16-4-3-5-20(12-16)26-15-19(25)14-23-8-10-24(11-9-23)21-13-18(22)7-6-17(21)2/h3-7,12-13,19,25H,8-11,14-15H2,1-2H3. The zero-order valence-electron chi connectivity index (χ0n) is 15.5. The lowest BCUT2D eigenvalue weighted by molar-refractivity contribution is 0.0663. The van der Waals surface area contributed by atoms with Crippen molar-refractivity contribution in [1.29, 1.82) is 0 Å². The van der Waals surface area contributed by atoms with E-state index in [0.717, 1.165) is 42.5 Å². The number of ether oxygens (including phenoxy) is 1. The van der Waals surface area contributed by atoms with Crippen LogP contribution in [-0.4, -0.2) is 55.4 Å². The number of nitrogens with zero attached hydrogens (tertiary/aromatic N) is 2. The molecule has 5 heteroatoms. The number of aliphatic hydroxyl groups excluding tert-OH is 1. The predicted octanol–water partition coefficient (Wildman–Crippen LogP) is 3.52. The number of hydrogen-bond donors (Lipinski definition) is 1. The van der Waals surface area contributed by atoms with Gasteiger partial charge >= 0.3 is 0 Å². The summed E-state index contributed by atoms with van der Waals surface area (Å²) in [5.74, 6) is 0.810. The highest BCUT2D eigenvalue weighted by Crippen LogP contribution is 2.25. The van der Waals surface area contributed by atoms with E-state index in [-0.39, 0.29) is 0 Å². The first-order chi connectivity index (χ1) is 12.5. The molecule has 3 rings (SSSR count). The summed E-state index contributed by atoms with van der Waals surface area (Å²) < 4.78 is 5.71. The van der Waals surface area contributed by atoms with Crippen LogP contribution in [0.25, 0.3) is 0 Å². The number of β-amino-alcohol motifs (C(OH)–C–C–N with tert-alkyl or cyclic N) is 1. The summed E-state index contributed by atoms with van der Waals surface area (Å²) in [7, 11) is 0. The Balaban J connectivity index is 1.45. The number of rotatable bonds is 6. The lowest BCUT2D eigenvalue weighted by Crippen LogP contribution is -2.49. The molecule has 1 heterocycles. The molecule has 26 heavy (non-hydrogen) atoms. The van der Waals surface area contributed by atoms with Crippen LogP contribution in [0.15, 0.2) is 42.5 Å². The predicted molar refractivity (Wildman–Crippen MR) is 108 cm³/mol. The zero-order chi connectivity index (χ0) is 18.5. The number of aliphatic hydroxyl groups is 1. The third kappa shape index (κ3) is 5.13. The first kappa shape index (κ1) is 19.0. The highest BCUT2D eigenvalue weighted by atomic mass is 35.5. The van der Waals surface area contributed by atoms with Crippen LogP contribution in [0.5, 0.6) is 5.75 Å². The van der Waals surface area contributed by atoms with Crippen molar-refractivity contribution in [2.45, 2.75) is 20.0 Å². The van der Waals surface area contributed by atoms with Crippen LogP contribution in [0.3, 0.4) is 0 Å². The highest BCUT2D eigenvalue weighted by Gasteiger charge is 2.20. The van der Waals surface area contributed by atoms with Crippen molar-refractivity contribution < 1.29 is 9.84 Å². The molecule has 1 N–H and O–H groups in total.